The summed E-state index contributed by atoms with van der Waals surface area (Å²) in [5.74, 6) is 0.861. The fourth-order valence-electron chi connectivity index (χ4n) is 2.47. The smallest absolute Gasteiger partial charge is 0.128 e. The summed E-state index contributed by atoms with van der Waals surface area (Å²) in [5.41, 5.74) is 2.39. The highest BCUT2D eigenvalue weighted by Crippen LogP contribution is 2.33. The average molecular weight is 289 g/mol. The molecule has 0 aromatic heterocycles. The van der Waals surface area contributed by atoms with E-state index in [2.05, 4.69) is 24.3 Å². The molecule has 3 atom stereocenters. The van der Waals surface area contributed by atoms with Crippen LogP contribution in [0.3, 0.4) is 0 Å². The zero-order valence-electron chi connectivity index (χ0n) is 11.3. The Morgan fingerprint density at radius 1 is 0.950 bits per heavy atom. The van der Waals surface area contributed by atoms with Crippen molar-refractivity contribution < 1.29 is 9.47 Å². The quantitative estimate of drug-likeness (QED) is 0.788. The minimum Gasteiger partial charge on any atom is -0.488 e. The Kier molecular flexibility index (Phi) is 3.95. The number of ether oxygens (including phenoxy) is 2. The van der Waals surface area contributed by atoms with Crippen LogP contribution in [-0.4, -0.2) is 24.7 Å². The molecule has 0 radical (unpaired) electrons. The lowest BCUT2D eigenvalue weighted by molar-refractivity contribution is -0.0583. The van der Waals surface area contributed by atoms with Gasteiger partial charge in [-0.15, -0.1) is 11.6 Å². The van der Waals surface area contributed by atoms with Crippen LogP contribution in [0.5, 0.6) is 5.75 Å². The molecule has 3 rings (SSSR count). The second-order valence-electron chi connectivity index (χ2n) is 5.00. The van der Waals surface area contributed by atoms with Crippen LogP contribution in [0.2, 0.25) is 0 Å². The molecule has 0 bridgehead atoms. The maximum Gasteiger partial charge on any atom is 0.128 e. The van der Waals surface area contributed by atoms with E-state index in [0.29, 0.717) is 0 Å². The third-order valence-electron chi connectivity index (χ3n) is 3.70. The van der Waals surface area contributed by atoms with E-state index in [1.807, 2.05) is 30.3 Å². The molecule has 0 heterocycles. The van der Waals surface area contributed by atoms with Gasteiger partial charge in [0.1, 0.15) is 18.0 Å². The van der Waals surface area contributed by atoms with Crippen molar-refractivity contribution in [1.82, 2.24) is 0 Å². The Bertz CT molecular complexity index is 553. The molecule has 1 aliphatic rings. The summed E-state index contributed by atoms with van der Waals surface area (Å²) in [6, 6.07) is 18.4. The first-order valence-electron chi connectivity index (χ1n) is 6.77. The minimum atomic E-state index is -0.00883. The van der Waals surface area contributed by atoms with Gasteiger partial charge >= 0.3 is 0 Å². The summed E-state index contributed by atoms with van der Waals surface area (Å²) in [6.45, 7) is 0. The van der Waals surface area contributed by atoms with Gasteiger partial charge in [0.25, 0.3) is 0 Å². The zero-order chi connectivity index (χ0) is 13.9. The first-order valence-corrected chi connectivity index (χ1v) is 7.20. The average Bonchev–Trinajstić information content (AvgIpc) is 2.49. The van der Waals surface area contributed by atoms with Crippen LogP contribution in [0.4, 0.5) is 0 Å². The van der Waals surface area contributed by atoms with Gasteiger partial charge in [0.2, 0.25) is 0 Å². The number of hydrogen-bond donors (Lipinski definition) is 0. The fraction of sp³-hybridized carbons (Fsp3) is 0.294. The van der Waals surface area contributed by atoms with E-state index in [-0.39, 0.29) is 17.6 Å². The van der Waals surface area contributed by atoms with Gasteiger partial charge in [-0.2, -0.15) is 0 Å². The van der Waals surface area contributed by atoms with Gasteiger partial charge in [0, 0.05) is 13.5 Å². The summed E-state index contributed by atoms with van der Waals surface area (Å²) in [7, 11) is 1.67. The van der Waals surface area contributed by atoms with Gasteiger partial charge in [-0.1, -0.05) is 42.5 Å². The van der Waals surface area contributed by atoms with Crippen molar-refractivity contribution >= 4 is 11.6 Å². The number of halogens is 1. The van der Waals surface area contributed by atoms with Crippen LogP contribution in [-0.2, 0) is 4.74 Å². The second-order valence-corrected chi connectivity index (χ2v) is 5.56. The molecule has 0 saturated heterocycles. The SMILES string of the molecule is COC1C(Cl)CC1Oc1ccc(-c2ccccc2)cc1. The number of hydrogen-bond acceptors (Lipinski definition) is 2. The van der Waals surface area contributed by atoms with Crippen molar-refractivity contribution in [2.45, 2.75) is 24.0 Å². The molecule has 2 aromatic rings. The Morgan fingerprint density at radius 2 is 1.60 bits per heavy atom. The molecule has 1 saturated carbocycles. The predicted octanol–water partition coefficient (Wildman–Crippen LogP) is 4.13. The third kappa shape index (κ3) is 2.67. The van der Waals surface area contributed by atoms with Crippen LogP contribution >= 0.6 is 11.6 Å². The van der Waals surface area contributed by atoms with E-state index in [1.165, 1.54) is 11.1 Å². The van der Waals surface area contributed by atoms with Gasteiger partial charge in [-0.05, 0) is 23.3 Å². The molecule has 20 heavy (non-hydrogen) atoms. The Morgan fingerprint density at radius 3 is 2.20 bits per heavy atom. The van der Waals surface area contributed by atoms with Gasteiger partial charge in [0.15, 0.2) is 0 Å². The van der Waals surface area contributed by atoms with Crippen LogP contribution in [0.15, 0.2) is 54.6 Å². The molecule has 0 aliphatic heterocycles. The molecule has 2 nitrogen and oxygen atoms in total. The molecule has 104 valence electrons. The summed E-state index contributed by atoms with van der Waals surface area (Å²) in [6.07, 6.45) is 0.885. The van der Waals surface area contributed by atoms with Crippen molar-refractivity contribution in [2.24, 2.45) is 0 Å². The van der Waals surface area contributed by atoms with Crippen molar-refractivity contribution in [1.29, 1.82) is 0 Å². The monoisotopic (exact) mass is 288 g/mol. The molecule has 3 unspecified atom stereocenters. The lowest BCUT2D eigenvalue weighted by Gasteiger charge is -2.39. The first-order chi connectivity index (χ1) is 9.78. The van der Waals surface area contributed by atoms with Gasteiger partial charge in [0.05, 0.1) is 5.38 Å². The second kappa shape index (κ2) is 5.86. The fourth-order valence-corrected chi connectivity index (χ4v) is 2.91. The van der Waals surface area contributed by atoms with Crippen molar-refractivity contribution in [3.8, 4) is 16.9 Å². The topological polar surface area (TPSA) is 18.5 Å². The standard InChI is InChI=1S/C17H17ClO2/c1-19-17-15(18)11-16(17)20-14-9-7-13(8-10-14)12-5-3-2-4-6-12/h2-10,15-17H,11H2,1H3. The largest absolute Gasteiger partial charge is 0.488 e. The molecule has 2 aromatic carbocycles. The highest BCUT2D eigenvalue weighted by atomic mass is 35.5. The molecule has 1 aliphatic carbocycles. The van der Waals surface area contributed by atoms with Crippen molar-refractivity contribution in [3.05, 3.63) is 54.6 Å². The molecular formula is C17H17ClO2. The van der Waals surface area contributed by atoms with E-state index in [9.17, 15) is 0 Å². The molecule has 0 N–H and O–H groups in total. The van der Waals surface area contributed by atoms with Crippen LogP contribution in [0, 0.1) is 0 Å². The maximum absolute atomic E-state index is 6.08. The van der Waals surface area contributed by atoms with Crippen LogP contribution < -0.4 is 4.74 Å². The Balaban J connectivity index is 1.68. The van der Waals surface area contributed by atoms with Crippen molar-refractivity contribution in [2.75, 3.05) is 7.11 Å². The minimum absolute atomic E-state index is 0.00883. The Labute approximate surface area is 124 Å². The number of alkyl halides is 1. The third-order valence-corrected chi connectivity index (χ3v) is 4.13. The van der Waals surface area contributed by atoms with E-state index in [1.54, 1.807) is 7.11 Å². The van der Waals surface area contributed by atoms with Gasteiger partial charge in [-0.3, -0.25) is 0 Å². The van der Waals surface area contributed by atoms with Gasteiger partial charge in [-0.25, -0.2) is 0 Å². The predicted molar refractivity (Wildman–Crippen MR) is 81.3 cm³/mol. The lowest BCUT2D eigenvalue weighted by atomic mass is 9.91. The molecule has 1 fully saturated rings. The van der Waals surface area contributed by atoms with Crippen LogP contribution in [0.1, 0.15) is 6.42 Å². The molecular weight excluding hydrogens is 272 g/mol. The molecule has 3 heteroatoms. The van der Waals surface area contributed by atoms with E-state index in [4.69, 9.17) is 21.1 Å². The maximum atomic E-state index is 6.08. The summed E-state index contributed by atoms with van der Waals surface area (Å²) in [4.78, 5) is 0. The summed E-state index contributed by atoms with van der Waals surface area (Å²) < 4.78 is 11.2. The highest BCUT2D eigenvalue weighted by molar-refractivity contribution is 6.21. The zero-order valence-corrected chi connectivity index (χ0v) is 12.1. The van der Waals surface area contributed by atoms with Crippen molar-refractivity contribution in [3.63, 3.8) is 0 Å². The van der Waals surface area contributed by atoms with Crippen LogP contribution in [0.25, 0.3) is 11.1 Å². The molecule has 0 spiro atoms. The first kappa shape index (κ1) is 13.5. The summed E-state index contributed by atoms with van der Waals surface area (Å²) >= 11 is 6.08. The highest BCUT2D eigenvalue weighted by Gasteiger charge is 2.42. The molecule has 0 amide bonds. The number of methoxy groups -OCH3 is 1. The van der Waals surface area contributed by atoms with Gasteiger partial charge < -0.3 is 9.47 Å². The normalized spacial score (nSPS) is 25.0. The summed E-state index contributed by atoms with van der Waals surface area (Å²) in [5, 5.41) is 0.0635. The van der Waals surface area contributed by atoms with E-state index < -0.39 is 0 Å². The lowest BCUT2D eigenvalue weighted by Crippen LogP contribution is -2.52. The number of benzene rings is 2. The van der Waals surface area contributed by atoms with E-state index >= 15 is 0 Å². The van der Waals surface area contributed by atoms with E-state index in [0.717, 1.165) is 12.2 Å². The number of rotatable bonds is 4. The Hall–Kier alpha value is -1.51.